The highest BCUT2D eigenvalue weighted by molar-refractivity contribution is 9.10. The molecule has 0 aromatic heterocycles. The third-order valence-corrected chi connectivity index (χ3v) is 5.09. The van der Waals surface area contributed by atoms with Crippen LogP contribution in [0.3, 0.4) is 0 Å². The second kappa shape index (κ2) is 6.57. The first kappa shape index (κ1) is 17.0. The van der Waals surface area contributed by atoms with Crippen LogP contribution in [0.15, 0.2) is 53.0 Å². The van der Waals surface area contributed by atoms with Crippen molar-refractivity contribution in [3.8, 4) is 22.3 Å². The highest BCUT2D eigenvalue weighted by Crippen LogP contribution is 2.36. The van der Waals surface area contributed by atoms with Crippen LogP contribution in [0.25, 0.3) is 22.3 Å². The number of halogens is 1. The van der Waals surface area contributed by atoms with E-state index < -0.39 is 0 Å². The lowest BCUT2D eigenvalue weighted by Crippen LogP contribution is -1.93. The van der Waals surface area contributed by atoms with Crippen LogP contribution in [0.1, 0.15) is 27.8 Å². The minimum absolute atomic E-state index is 1.12. The second-order valence-electron chi connectivity index (χ2n) is 6.77. The summed E-state index contributed by atoms with van der Waals surface area (Å²) in [6, 6.07) is 17.8. The fourth-order valence-corrected chi connectivity index (χ4v) is 4.28. The van der Waals surface area contributed by atoms with Crippen molar-refractivity contribution in [1.29, 1.82) is 0 Å². The van der Waals surface area contributed by atoms with E-state index in [9.17, 15) is 0 Å². The summed E-state index contributed by atoms with van der Waals surface area (Å²) in [6.45, 7) is 10.9. The van der Waals surface area contributed by atoms with Crippen LogP contribution in [0, 0.1) is 34.6 Å². The van der Waals surface area contributed by atoms with E-state index >= 15 is 0 Å². The number of aryl methyl sites for hydroxylation is 5. The summed E-state index contributed by atoms with van der Waals surface area (Å²) in [4.78, 5) is 0. The number of hydrogen-bond acceptors (Lipinski definition) is 0. The molecule has 0 amide bonds. The second-order valence-corrected chi connectivity index (χ2v) is 7.68. The Morgan fingerprint density at radius 2 is 1.04 bits per heavy atom. The summed E-state index contributed by atoms with van der Waals surface area (Å²) in [5.41, 5.74) is 11.8. The molecule has 0 aliphatic rings. The molecule has 0 N–H and O–H groups in total. The molecule has 3 aromatic carbocycles. The zero-order valence-electron chi connectivity index (χ0n) is 15.0. The van der Waals surface area contributed by atoms with Crippen molar-refractivity contribution in [2.45, 2.75) is 34.6 Å². The van der Waals surface area contributed by atoms with Crippen molar-refractivity contribution >= 4 is 15.9 Å². The van der Waals surface area contributed by atoms with E-state index in [0.717, 1.165) is 4.47 Å². The van der Waals surface area contributed by atoms with Gasteiger partial charge in [0.1, 0.15) is 0 Å². The molecule has 0 radical (unpaired) electrons. The average Bonchev–Trinajstić information content (AvgIpc) is 2.45. The Morgan fingerprint density at radius 3 is 1.54 bits per heavy atom. The maximum absolute atomic E-state index is 3.72. The Hall–Kier alpha value is -1.86. The first-order valence-corrected chi connectivity index (χ1v) is 9.11. The lowest BCUT2D eigenvalue weighted by molar-refractivity contribution is 1.32. The lowest BCUT2D eigenvalue weighted by atomic mass is 9.90. The van der Waals surface area contributed by atoms with E-state index in [1.165, 1.54) is 50.1 Å². The molecule has 24 heavy (non-hydrogen) atoms. The summed E-state index contributed by atoms with van der Waals surface area (Å²) >= 11 is 3.72. The minimum Gasteiger partial charge on any atom is -0.0617 e. The predicted molar refractivity (Wildman–Crippen MR) is 109 cm³/mol. The fraction of sp³-hybridized carbons (Fsp3) is 0.217. The lowest BCUT2D eigenvalue weighted by Gasteiger charge is -2.16. The smallest absolute Gasteiger partial charge is 0.0187 e. The Kier molecular flexibility index (Phi) is 4.64. The van der Waals surface area contributed by atoms with E-state index in [0.29, 0.717) is 0 Å². The largest absolute Gasteiger partial charge is 0.0617 e. The van der Waals surface area contributed by atoms with Gasteiger partial charge in [-0.2, -0.15) is 0 Å². The Bertz CT molecular complexity index is 876. The van der Waals surface area contributed by atoms with Crippen LogP contribution in [0.2, 0.25) is 0 Å². The zero-order valence-corrected chi connectivity index (χ0v) is 16.6. The van der Waals surface area contributed by atoms with E-state index in [2.05, 4.69) is 99.1 Å². The van der Waals surface area contributed by atoms with Crippen LogP contribution in [0.5, 0.6) is 0 Å². The van der Waals surface area contributed by atoms with Gasteiger partial charge in [-0.15, -0.1) is 0 Å². The quantitative estimate of drug-likeness (QED) is 0.437. The Balaban J connectivity index is 2.25. The van der Waals surface area contributed by atoms with Gasteiger partial charge in [0, 0.05) is 4.47 Å². The van der Waals surface area contributed by atoms with Gasteiger partial charge in [0.05, 0.1) is 0 Å². The molecule has 0 nitrogen and oxygen atoms in total. The molecule has 0 unspecified atom stereocenters. The molecular formula is C23H23Br. The molecule has 122 valence electrons. The van der Waals surface area contributed by atoms with Crippen molar-refractivity contribution < 1.29 is 0 Å². The molecule has 3 aromatic rings. The fourth-order valence-electron chi connectivity index (χ4n) is 3.78. The van der Waals surface area contributed by atoms with E-state index in [4.69, 9.17) is 0 Å². The predicted octanol–water partition coefficient (Wildman–Crippen LogP) is 7.33. The monoisotopic (exact) mass is 378 g/mol. The number of rotatable bonds is 2. The molecule has 0 saturated heterocycles. The van der Waals surface area contributed by atoms with Gasteiger partial charge in [-0.05, 0) is 97.3 Å². The van der Waals surface area contributed by atoms with Crippen molar-refractivity contribution in [2.24, 2.45) is 0 Å². The van der Waals surface area contributed by atoms with Crippen LogP contribution in [-0.2, 0) is 0 Å². The molecule has 1 heteroatoms. The van der Waals surface area contributed by atoms with E-state index in [-0.39, 0.29) is 0 Å². The number of benzene rings is 3. The van der Waals surface area contributed by atoms with Gasteiger partial charge >= 0.3 is 0 Å². The SMILES string of the molecule is Cc1cc(C)c(-c2cc(Br)cc(-c3c(C)cccc3C)c2)c(C)c1. The van der Waals surface area contributed by atoms with Crippen molar-refractivity contribution in [3.63, 3.8) is 0 Å². The molecular weight excluding hydrogens is 356 g/mol. The normalized spacial score (nSPS) is 10.9. The molecule has 0 fully saturated rings. The maximum atomic E-state index is 3.72. The maximum Gasteiger partial charge on any atom is 0.0187 e. The number of hydrogen-bond donors (Lipinski definition) is 0. The first-order valence-electron chi connectivity index (χ1n) is 8.32. The van der Waals surface area contributed by atoms with Crippen molar-refractivity contribution in [2.75, 3.05) is 0 Å². The van der Waals surface area contributed by atoms with Gasteiger partial charge in [-0.1, -0.05) is 51.8 Å². The topological polar surface area (TPSA) is 0 Å². The van der Waals surface area contributed by atoms with Crippen LogP contribution < -0.4 is 0 Å². The Morgan fingerprint density at radius 1 is 0.583 bits per heavy atom. The minimum atomic E-state index is 1.12. The van der Waals surface area contributed by atoms with Gasteiger partial charge in [0.15, 0.2) is 0 Å². The van der Waals surface area contributed by atoms with Crippen molar-refractivity contribution in [3.05, 3.63) is 80.8 Å². The summed E-state index contributed by atoms with van der Waals surface area (Å²) in [7, 11) is 0. The zero-order chi connectivity index (χ0) is 17.4. The Labute approximate surface area is 153 Å². The first-order chi connectivity index (χ1) is 11.4. The molecule has 0 spiro atoms. The summed E-state index contributed by atoms with van der Waals surface area (Å²) < 4.78 is 1.12. The molecule has 0 aliphatic carbocycles. The van der Waals surface area contributed by atoms with Gasteiger partial charge in [0.2, 0.25) is 0 Å². The highest BCUT2D eigenvalue weighted by Gasteiger charge is 2.12. The van der Waals surface area contributed by atoms with Gasteiger partial charge in [0.25, 0.3) is 0 Å². The highest BCUT2D eigenvalue weighted by atomic mass is 79.9. The van der Waals surface area contributed by atoms with Crippen LogP contribution in [-0.4, -0.2) is 0 Å². The summed E-state index contributed by atoms with van der Waals surface area (Å²) in [5, 5.41) is 0. The third kappa shape index (κ3) is 3.18. The molecule has 0 atom stereocenters. The standard InChI is InChI=1S/C23H23Br/c1-14-9-17(4)23(18(5)10-14)20-11-19(12-21(24)13-20)22-15(2)7-6-8-16(22)3/h6-13H,1-5H3. The van der Waals surface area contributed by atoms with Gasteiger partial charge in [-0.3, -0.25) is 0 Å². The average molecular weight is 379 g/mol. The molecule has 3 rings (SSSR count). The molecule has 0 saturated carbocycles. The summed E-state index contributed by atoms with van der Waals surface area (Å²) in [5.74, 6) is 0. The van der Waals surface area contributed by atoms with E-state index in [1.807, 2.05) is 0 Å². The van der Waals surface area contributed by atoms with Crippen molar-refractivity contribution in [1.82, 2.24) is 0 Å². The van der Waals surface area contributed by atoms with E-state index in [1.54, 1.807) is 0 Å². The molecule has 0 aliphatic heterocycles. The van der Waals surface area contributed by atoms with Gasteiger partial charge in [-0.25, -0.2) is 0 Å². The molecule has 0 bridgehead atoms. The van der Waals surface area contributed by atoms with Gasteiger partial charge < -0.3 is 0 Å². The van der Waals surface area contributed by atoms with Crippen LogP contribution >= 0.6 is 15.9 Å². The third-order valence-electron chi connectivity index (χ3n) is 4.63. The van der Waals surface area contributed by atoms with Crippen LogP contribution in [0.4, 0.5) is 0 Å². The summed E-state index contributed by atoms with van der Waals surface area (Å²) in [6.07, 6.45) is 0. The molecule has 0 heterocycles.